The number of morpholine rings is 1. The predicted molar refractivity (Wildman–Crippen MR) is 96.3 cm³/mol. The Kier molecular flexibility index (Phi) is 6.49. The number of nitrogens with zero attached hydrogens (tertiary/aromatic N) is 2. The Morgan fingerprint density at radius 3 is 2.62 bits per heavy atom. The number of benzene rings is 1. The first-order chi connectivity index (χ1) is 11.7. The number of hydrogen-bond acceptors (Lipinski definition) is 5. The minimum atomic E-state index is 0.362. The molecule has 2 aliphatic rings. The summed E-state index contributed by atoms with van der Waals surface area (Å²) in [4.78, 5) is 4.98. The van der Waals surface area contributed by atoms with Crippen molar-refractivity contribution in [1.82, 2.24) is 15.1 Å². The number of nitrogens with one attached hydrogen (secondary N) is 1. The molecule has 2 fully saturated rings. The summed E-state index contributed by atoms with van der Waals surface area (Å²) >= 11 is 0. The van der Waals surface area contributed by atoms with Crippen molar-refractivity contribution in [3.63, 3.8) is 0 Å². The normalized spacial score (nSPS) is 22.5. The third kappa shape index (κ3) is 5.45. The van der Waals surface area contributed by atoms with Gasteiger partial charge in [0.15, 0.2) is 0 Å². The van der Waals surface area contributed by atoms with Crippen molar-refractivity contribution in [2.75, 3.05) is 45.9 Å². The summed E-state index contributed by atoms with van der Waals surface area (Å²) in [6, 6.07) is 8.78. The molecule has 24 heavy (non-hydrogen) atoms. The van der Waals surface area contributed by atoms with Crippen LogP contribution >= 0.6 is 0 Å². The van der Waals surface area contributed by atoms with Gasteiger partial charge in [0.1, 0.15) is 5.75 Å². The van der Waals surface area contributed by atoms with E-state index in [1.807, 2.05) is 12.1 Å². The fraction of sp³-hybridized carbons (Fsp3) is 0.684. The molecule has 2 saturated heterocycles. The molecule has 5 nitrogen and oxygen atoms in total. The monoisotopic (exact) mass is 333 g/mol. The van der Waals surface area contributed by atoms with E-state index in [0.717, 1.165) is 52.5 Å². The van der Waals surface area contributed by atoms with Gasteiger partial charge in [-0.15, -0.1) is 0 Å². The molecule has 0 radical (unpaired) electrons. The van der Waals surface area contributed by atoms with E-state index in [1.165, 1.54) is 18.4 Å². The van der Waals surface area contributed by atoms with Gasteiger partial charge in [-0.25, -0.2) is 0 Å². The van der Waals surface area contributed by atoms with Crippen LogP contribution in [0.3, 0.4) is 0 Å². The van der Waals surface area contributed by atoms with Crippen LogP contribution < -0.4 is 5.32 Å². The van der Waals surface area contributed by atoms with Gasteiger partial charge in [0.05, 0.1) is 13.2 Å². The zero-order valence-corrected chi connectivity index (χ0v) is 14.8. The van der Waals surface area contributed by atoms with E-state index in [9.17, 15) is 5.11 Å². The highest BCUT2D eigenvalue weighted by atomic mass is 16.5. The highest BCUT2D eigenvalue weighted by Gasteiger charge is 2.21. The smallest absolute Gasteiger partial charge is 0.115 e. The Hall–Kier alpha value is -1.14. The van der Waals surface area contributed by atoms with E-state index in [-0.39, 0.29) is 0 Å². The Morgan fingerprint density at radius 1 is 1.17 bits per heavy atom. The first kappa shape index (κ1) is 17.7. The number of rotatable bonds is 6. The quantitative estimate of drug-likeness (QED) is 0.829. The third-order valence-corrected chi connectivity index (χ3v) is 5.06. The molecule has 1 atom stereocenters. The molecule has 0 saturated carbocycles. The van der Waals surface area contributed by atoms with E-state index in [4.69, 9.17) is 4.74 Å². The van der Waals surface area contributed by atoms with E-state index in [2.05, 4.69) is 28.1 Å². The molecule has 0 amide bonds. The van der Waals surface area contributed by atoms with Crippen molar-refractivity contribution in [2.45, 2.75) is 38.4 Å². The topological polar surface area (TPSA) is 48.0 Å². The van der Waals surface area contributed by atoms with Gasteiger partial charge >= 0.3 is 0 Å². The van der Waals surface area contributed by atoms with Crippen LogP contribution in [0.1, 0.15) is 25.3 Å². The number of hydrogen-bond donors (Lipinski definition) is 2. The fourth-order valence-electron chi connectivity index (χ4n) is 3.80. The number of aromatic hydroxyl groups is 1. The van der Waals surface area contributed by atoms with Crippen molar-refractivity contribution in [3.05, 3.63) is 29.8 Å². The van der Waals surface area contributed by atoms with E-state index >= 15 is 0 Å². The molecule has 134 valence electrons. The Bertz CT molecular complexity index is 497. The van der Waals surface area contributed by atoms with Crippen LogP contribution in [0.2, 0.25) is 0 Å². The number of piperidine rings is 1. The molecule has 0 bridgehead atoms. The lowest BCUT2D eigenvalue weighted by Gasteiger charge is -2.35. The van der Waals surface area contributed by atoms with Gasteiger partial charge < -0.3 is 15.2 Å². The van der Waals surface area contributed by atoms with E-state index in [0.29, 0.717) is 17.8 Å². The fourth-order valence-corrected chi connectivity index (χ4v) is 3.80. The maximum atomic E-state index is 9.58. The second-order valence-electron chi connectivity index (χ2n) is 7.20. The summed E-state index contributed by atoms with van der Waals surface area (Å²) in [6.07, 6.45) is 2.40. The second kappa shape index (κ2) is 8.81. The summed E-state index contributed by atoms with van der Waals surface area (Å²) < 4.78 is 5.42. The second-order valence-corrected chi connectivity index (χ2v) is 7.20. The molecule has 2 aliphatic heterocycles. The molecule has 0 spiro atoms. The maximum absolute atomic E-state index is 9.58. The van der Waals surface area contributed by atoms with Crippen LogP contribution in [0.4, 0.5) is 0 Å². The van der Waals surface area contributed by atoms with Gasteiger partial charge in [-0.1, -0.05) is 12.1 Å². The van der Waals surface area contributed by atoms with Crippen molar-refractivity contribution in [1.29, 1.82) is 0 Å². The van der Waals surface area contributed by atoms with E-state index in [1.54, 1.807) is 6.07 Å². The lowest BCUT2D eigenvalue weighted by atomic mass is 10.0. The highest BCUT2D eigenvalue weighted by Crippen LogP contribution is 2.17. The van der Waals surface area contributed by atoms with Crippen LogP contribution in [-0.4, -0.2) is 72.9 Å². The Labute approximate surface area is 145 Å². The molecule has 1 aromatic rings. The van der Waals surface area contributed by atoms with Gasteiger partial charge in [0.25, 0.3) is 0 Å². The molecular formula is C19H31N3O2. The molecule has 0 aliphatic carbocycles. The largest absolute Gasteiger partial charge is 0.508 e. The lowest BCUT2D eigenvalue weighted by Crippen LogP contribution is -2.50. The molecule has 3 rings (SSSR count). The Balaban J connectivity index is 1.37. The average molecular weight is 333 g/mol. The summed E-state index contributed by atoms with van der Waals surface area (Å²) in [5.41, 5.74) is 1.20. The average Bonchev–Trinajstić information content (AvgIpc) is 2.57. The number of likely N-dealkylation sites (tertiary alicyclic amines) is 1. The highest BCUT2D eigenvalue weighted by molar-refractivity contribution is 5.27. The molecule has 2 heterocycles. The van der Waals surface area contributed by atoms with Crippen molar-refractivity contribution >= 4 is 0 Å². The number of ether oxygens (including phenoxy) is 1. The SMILES string of the molecule is CC(CN1CCOCC1)NC1CCN(Cc2cccc(O)c2)CC1. The molecule has 5 heteroatoms. The summed E-state index contributed by atoms with van der Waals surface area (Å²) in [5.74, 6) is 0.362. The van der Waals surface area contributed by atoms with Crippen molar-refractivity contribution in [2.24, 2.45) is 0 Å². The number of phenols is 1. The van der Waals surface area contributed by atoms with Gasteiger partial charge in [0, 0.05) is 38.3 Å². The molecule has 0 aromatic heterocycles. The van der Waals surface area contributed by atoms with Crippen molar-refractivity contribution < 1.29 is 9.84 Å². The molecule has 2 N–H and O–H groups in total. The molecule has 1 aromatic carbocycles. The van der Waals surface area contributed by atoms with Gasteiger partial charge in [-0.3, -0.25) is 9.80 Å². The molecule has 1 unspecified atom stereocenters. The van der Waals surface area contributed by atoms with Gasteiger partial charge in [-0.05, 0) is 50.6 Å². The van der Waals surface area contributed by atoms with E-state index < -0.39 is 0 Å². The minimum Gasteiger partial charge on any atom is -0.508 e. The third-order valence-electron chi connectivity index (χ3n) is 5.06. The van der Waals surface area contributed by atoms with Crippen LogP contribution in [0.25, 0.3) is 0 Å². The molecular weight excluding hydrogens is 302 g/mol. The summed E-state index contributed by atoms with van der Waals surface area (Å²) in [6.45, 7) is 10.5. The summed E-state index contributed by atoms with van der Waals surface area (Å²) in [7, 11) is 0. The first-order valence-corrected chi connectivity index (χ1v) is 9.25. The van der Waals surface area contributed by atoms with Crippen molar-refractivity contribution in [3.8, 4) is 5.75 Å². The van der Waals surface area contributed by atoms with Crippen LogP contribution in [0.15, 0.2) is 24.3 Å². The van der Waals surface area contributed by atoms with Crippen LogP contribution in [-0.2, 0) is 11.3 Å². The number of phenolic OH excluding ortho intramolecular Hbond substituents is 1. The predicted octanol–water partition coefficient (Wildman–Crippen LogP) is 1.67. The zero-order chi connectivity index (χ0) is 16.8. The van der Waals surface area contributed by atoms with Gasteiger partial charge in [0.2, 0.25) is 0 Å². The minimum absolute atomic E-state index is 0.362. The first-order valence-electron chi connectivity index (χ1n) is 9.25. The van der Waals surface area contributed by atoms with Crippen LogP contribution in [0.5, 0.6) is 5.75 Å². The Morgan fingerprint density at radius 2 is 1.92 bits per heavy atom. The standard InChI is InChI=1S/C19H31N3O2/c1-16(14-22-9-11-24-12-10-22)20-18-5-7-21(8-6-18)15-17-3-2-4-19(23)13-17/h2-4,13,16,18,20,23H,5-12,14-15H2,1H3. The van der Waals surface area contributed by atoms with Gasteiger partial charge in [-0.2, -0.15) is 0 Å². The lowest BCUT2D eigenvalue weighted by molar-refractivity contribution is 0.0332. The zero-order valence-electron chi connectivity index (χ0n) is 14.8. The maximum Gasteiger partial charge on any atom is 0.115 e. The summed E-state index contributed by atoms with van der Waals surface area (Å²) in [5, 5.41) is 13.4. The van der Waals surface area contributed by atoms with Crippen LogP contribution in [0, 0.1) is 0 Å².